The van der Waals surface area contributed by atoms with Crippen molar-refractivity contribution in [3.8, 4) is 0 Å². The van der Waals surface area contributed by atoms with Gasteiger partial charge in [-0.05, 0) is 12.1 Å². The van der Waals surface area contributed by atoms with Crippen molar-refractivity contribution in [1.29, 1.82) is 0 Å². The van der Waals surface area contributed by atoms with Gasteiger partial charge in [0.2, 0.25) is 11.3 Å². The molecule has 1 aromatic heterocycles. The van der Waals surface area contributed by atoms with Gasteiger partial charge in [-0.2, -0.15) is 5.10 Å². The smallest absolute Gasteiger partial charge is 0.307 e. The van der Waals surface area contributed by atoms with Gasteiger partial charge in [-0.15, -0.1) is 0 Å². The molecule has 1 amide bonds. The van der Waals surface area contributed by atoms with Crippen LogP contribution in [-0.4, -0.2) is 35.3 Å². The molecule has 1 N–H and O–H groups in total. The van der Waals surface area contributed by atoms with E-state index in [1.165, 1.54) is 18.0 Å². The predicted molar refractivity (Wildman–Crippen MR) is 75.6 cm³/mol. The molecule has 2 aromatic rings. The SMILES string of the molecule is COC(=O)CCNC(=O)Cn1ncc(=O)c2ccccc21. The lowest BCUT2D eigenvalue weighted by Crippen LogP contribution is -2.31. The van der Waals surface area contributed by atoms with E-state index < -0.39 is 0 Å². The molecule has 0 fully saturated rings. The molecule has 0 saturated heterocycles. The van der Waals surface area contributed by atoms with Crippen LogP contribution in [-0.2, 0) is 20.9 Å². The molecule has 0 unspecified atom stereocenters. The van der Waals surface area contributed by atoms with Gasteiger partial charge in [0.15, 0.2) is 0 Å². The van der Waals surface area contributed by atoms with Gasteiger partial charge in [-0.3, -0.25) is 19.1 Å². The summed E-state index contributed by atoms with van der Waals surface area (Å²) in [6, 6.07) is 6.94. The number of nitrogens with one attached hydrogen (secondary N) is 1. The average molecular weight is 289 g/mol. The minimum Gasteiger partial charge on any atom is -0.469 e. The third-order valence-electron chi connectivity index (χ3n) is 2.93. The minimum absolute atomic E-state index is 0.0258. The van der Waals surface area contributed by atoms with Gasteiger partial charge < -0.3 is 10.1 Å². The molecule has 7 nitrogen and oxygen atoms in total. The van der Waals surface area contributed by atoms with Crippen molar-refractivity contribution in [3.05, 3.63) is 40.7 Å². The van der Waals surface area contributed by atoms with E-state index in [9.17, 15) is 14.4 Å². The number of fused-ring (bicyclic) bond motifs is 1. The second kappa shape index (κ2) is 6.65. The van der Waals surface area contributed by atoms with Crippen molar-refractivity contribution < 1.29 is 14.3 Å². The summed E-state index contributed by atoms with van der Waals surface area (Å²) in [6.45, 7) is 0.172. The summed E-state index contributed by atoms with van der Waals surface area (Å²) >= 11 is 0. The Kier molecular flexibility index (Phi) is 4.65. The molecule has 2 rings (SSSR count). The van der Waals surface area contributed by atoms with E-state index in [0.29, 0.717) is 10.9 Å². The topological polar surface area (TPSA) is 90.3 Å². The van der Waals surface area contributed by atoms with Crippen LogP contribution < -0.4 is 10.7 Å². The van der Waals surface area contributed by atoms with Crippen LogP contribution in [0, 0.1) is 0 Å². The number of benzene rings is 1. The number of amides is 1. The molecule has 0 aliphatic carbocycles. The fourth-order valence-corrected chi connectivity index (χ4v) is 1.88. The molecule has 0 saturated carbocycles. The highest BCUT2D eigenvalue weighted by Gasteiger charge is 2.08. The number of ether oxygens (including phenoxy) is 1. The number of carbonyl (C=O) groups is 2. The number of esters is 1. The van der Waals surface area contributed by atoms with Gasteiger partial charge in [-0.25, -0.2) is 0 Å². The van der Waals surface area contributed by atoms with Crippen LogP contribution in [0.1, 0.15) is 6.42 Å². The van der Waals surface area contributed by atoms with Crippen molar-refractivity contribution >= 4 is 22.8 Å². The van der Waals surface area contributed by atoms with Gasteiger partial charge in [0.25, 0.3) is 0 Å². The van der Waals surface area contributed by atoms with Crippen molar-refractivity contribution in [1.82, 2.24) is 15.1 Å². The normalized spacial score (nSPS) is 10.3. The number of methoxy groups -OCH3 is 1. The van der Waals surface area contributed by atoms with Crippen LogP contribution in [0.3, 0.4) is 0 Å². The number of hydrogen-bond acceptors (Lipinski definition) is 5. The zero-order chi connectivity index (χ0) is 15.2. The molecule has 0 bridgehead atoms. The van der Waals surface area contributed by atoms with Gasteiger partial charge in [0, 0.05) is 11.9 Å². The van der Waals surface area contributed by atoms with Crippen molar-refractivity contribution in [2.75, 3.05) is 13.7 Å². The van der Waals surface area contributed by atoms with E-state index in [1.807, 2.05) is 0 Å². The number of nitrogens with zero attached hydrogens (tertiary/aromatic N) is 2. The molecule has 110 valence electrons. The van der Waals surface area contributed by atoms with E-state index in [4.69, 9.17) is 0 Å². The average Bonchev–Trinajstić information content (AvgIpc) is 2.50. The van der Waals surface area contributed by atoms with Crippen LogP contribution in [0.25, 0.3) is 10.9 Å². The lowest BCUT2D eigenvalue weighted by Gasteiger charge is -2.09. The summed E-state index contributed by atoms with van der Waals surface area (Å²) in [5, 5.41) is 7.06. The molecule has 0 aliphatic heterocycles. The second-order valence-corrected chi connectivity index (χ2v) is 4.36. The number of aromatic nitrogens is 2. The summed E-state index contributed by atoms with van der Waals surface area (Å²) in [7, 11) is 1.29. The predicted octanol–water partition coefficient (Wildman–Crippen LogP) is 0.0758. The maximum absolute atomic E-state index is 11.8. The standard InChI is InChI=1S/C14H15N3O4/c1-21-14(20)6-7-15-13(19)9-17-11-5-3-2-4-10(11)12(18)8-16-17/h2-5,8H,6-7,9H2,1H3,(H,15,19). The highest BCUT2D eigenvalue weighted by atomic mass is 16.5. The van der Waals surface area contributed by atoms with Gasteiger partial charge >= 0.3 is 5.97 Å². The van der Waals surface area contributed by atoms with Crippen molar-refractivity contribution in [3.63, 3.8) is 0 Å². The molecule has 7 heteroatoms. The van der Waals surface area contributed by atoms with Gasteiger partial charge in [0.1, 0.15) is 6.54 Å². The number of rotatable bonds is 5. The molecular weight excluding hydrogens is 274 g/mol. The zero-order valence-corrected chi connectivity index (χ0v) is 11.5. The molecule has 0 spiro atoms. The molecule has 1 aromatic carbocycles. The molecule has 0 atom stereocenters. The molecular formula is C14H15N3O4. The Labute approximate surface area is 120 Å². The zero-order valence-electron chi connectivity index (χ0n) is 11.5. The Morgan fingerprint density at radius 3 is 2.86 bits per heavy atom. The quantitative estimate of drug-likeness (QED) is 0.787. The van der Waals surface area contributed by atoms with E-state index >= 15 is 0 Å². The first-order valence-electron chi connectivity index (χ1n) is 6.40. The van der Waals surface area contributed by atoms with Crippen molar-refractivity contribution in [2.45, 2.75) is 13.0 Å². The van der Waals surface area contributed by atoms with E-state index in [1.54, 1.807) is 24.3 Å². The van der Waals surface area contributed by atoms with E-state index in [-0.39, 0.29) is 36.8 Å². The maximum Gasteiger partial charge on any atom is 0.307 e. The summed E-state index contributed by atoms with van der Waals surface area (Å²) in [4.78, 5) is 34.4. The van der Waals surface area contributed by atoms with E-state index in [0.717, 1.165) is 0 Å². The first-order chi connectivity index (χ1) is 10.1. The minimum atomic E-state index is -0.387. The van der Waals surface area contributed by atoms with Gasteiger partial charge in [0.05, 0.1) is 25.2 Å². The Bertz CT molecular complexity index is 723. The van der Waals surface area contributed by atoms with Crippen molar-refractivity contribution in [2.24, 2.45) is 0 Å². The fourth-order valence-electron chi connectivity index (χ4n) is 1.88. The highest BCUT2D eigenvalue weighted by Crippen LogP contribution is 2.07. The Morgan fingerprint density at radius 1 is 1.33 bits per heavy atom. The van der Waals surface area contributed by atoms with E-state index in [2.05, 4.69) is 15.2 Å². The van der Waals surface area contributed by atoms with Crippen LogP contribution >= 0.6 is 0 Å². The lowest BCUT2D eigenvalue weighted by atomic mass is 10.2. The monoisotopic (exact) mass is 289 g/mol. The lowest BCUT2D eigenvalue weighted by molar-refractivity contribution is -0.140. The van der Waals surface area contributed by atoms with Crippen LogP contribution in [0.2, 0.25) is 0 Å². The van der Waals surface area contributed by atoms with Crippen LogP contribution in [0.4, 0.5) is 0 Å². The molecule has 1 heterocycles. The van der Waals surface area contributed by atoms with Crippen LogP contribution in [0.5, 0.6) is 0 Å². The number of hydrogen-bond donors (Lipinski definition) is 1. The molecule has 0 radical (unpaired) electrons. The summed E-state index contributed by atoms with van der Waals surface area (Å²) in [6.07, 6.45) is 1.30. The summed E-state index contributed by atoms with van der Waals surface area (Å²) < 4.78 is 5.93. The second-order valence-electron chi connectivity index (χ2n) is 4.36. The molecule has 0 aliphatic rings. The third kappa shape index (κ3) is 3.65. The third-order valence-corrected chi connectivity index (χ3v) is 2.93. The number of para-hydroxylation sites is 1. The maximum atomic E-state index is 11.8. The Hall–Kier alpha value is -2.70. The Morgan fingerprint density at radius 2 is 2.10 bits per heavy atom. The fraction of sp³-hybridized carbons (Fsp3) is 0.286. The Balaban J connectivity index is 2.06. The highest BCUT2D eigenvalue weighted by molar-refractivity contribution is 5.81. The largest absolute Gasteiger partial charge is 0.469 e. The first kappa shape index (κ1) is 14.7. The van der Waals surface area contributed by atoms with Gasteiger partial charge in [-0.1, -0.05) is 12.1 Å². The van der Waals surface area contributed by atoms with Crippen LogP contribution in [0.15, 0.2) is 35.3 Å². The summed E-state index contributed by atoms with van der Waals surface area (Å²) in [5.74, 6) is -0.678. The first-order valence-corrected chi connectivity index (χ1v) is 6.40. The molecule has 21 heavy (non-hydrogen) atoms. The number of carbonyl (C=O) groups excluding carboxylic acids is 2. The summed E-state index contributed by atoms with van der Waals surface area (Å²) in [5.41, 5.74) is 0.404.